The quantitative estimate of drug-likeness (QED) is 0.339. The van der Waals surface area contributed by atoms with Crippen molar-refractivity contribution >= 4 is 67.4 Å². The van der Waals surface area contributed by atoms with E-state index in [2.05, 4.69) is 20.0 Å². The number of aromatic nitrogens is 2. The number of rotatable bonds is 6. The molecule has 1 aromatic heterocycles. The van der Waals surface area contributed by atoms with Crippen molar-refractivity contribution in [1.82, 2.24) is 9.97 Å². The van der Waals surface area contributed by atoms with Crippen molar-refractivity contribution in [3.63, 3.8) is 0 Å². The number of carbonyl (C=O) groups excluding carboxylic acids is 1. The van der Waals surface area contributed by atoms with Gasteiger partial charge in [-0.05, 0) is 49.4 Å². The number of Topliss-reactive ketones (excluding diaryl/α,β-unsaturated/α-hetero) is 1. The number of benzene rings is 3. The maximum atomic E-state index is 13.1. The van der Waals surface area contributed by atoms with Crippen LogP contribution in [0.3, 0.4) is 0 Å². The zero-order valence-corrected chi connectivity index (χ0v) is 19.0. The summed E-state index contributed by atoms with van der Waals surface area (Å²) in [6, 6.07) is 18.0. The molecule has 0 bridgehead atoms. The fraction of sp³-hybridized carbons (Fsp3) is 0.0455. The Balaban J connectivity index is 1.80. The summed E-state index contributed by atoms with van der Waals surface area (Å²) in [5.74, 6) is 0.0221. The van der Waals surface area contributed by atoms with Crippen LogP contribution in [0.4, 0.5) is 17.3 Å². The first kappa shape index (κ1) is 22.0. The first-order valence-electron chi connectivity index (χ1n) is 9.35. The van der Waals surface area contributed by atoms with Gasteiger partial charge in [-0.25, -0.2) is 18.4 Å². The van der Waals surface area contributed by atoms with Crippen molar-refractivity contribution in [2.45, 2.75) is 11.8 Å². The predicted octanol–water partition coefficient (Wildman–Crippen LogP) is 5.68. The third kappa shape index (κ3) is 4.67. The van der Waals surface area contributed by atoms with Gasteiger partial charge in [-0.2, -0.15) is 0 Å². The number of anilines is 3. The van der Waals surface area contributed by atoms with Gasteiger partial charge >= 0.3 is 0 Å². The molecule has 0 aliphatic rings. The van der Waals surface area contributed by atoms with Crippen molar-refractivity contribution in [1.29, 1.82) is 0 Å². The van der Waals surface area contributed by atoms with Gasteiger partial charge in [0.05, 0.1) is 16.1 Å². The predicted molar refractivity (Wildman–Crippen MR) is 127 cm³/mol. The highest BCUT2D eigenvalue weighted by Gasteiger charge is 2.22. The SMILES string of the molecule is CC(=O)c1cccc(Nc2nc3ccccc3nc2NS(=O)(=O)c2cc(Cl)ccc2Cl)c1. The second-order valence-electron chi connectivity index (χ2n) is 6.85. The Hall–Kier alpha value is -3.20. The Kier molecular flexibility index (Phi) is 6.01. The molecular weight excluding hydrogens is 471 g/mol. The monoisotopic (exact) mass is 486 g/mol. The lowest BCUT2D eigenvalue weighted by molar-refractivity contribution is 0.101. The summed E-state index contributed by atoms with van der Waals surface area (Å²) in [5, 5.41) is 3.28. The van der Waals surface area contributed by atoms with E-state index in [4.69, 9.17) is 23.2 Å². The number of nitrogens with one attached hydrogen (secondary N) is 2. The van der Waals surface area contributed by atoms with Crippen LogP contribution < -0.4 is 10.0 Å². The van der Waals surface area contributed by atoms with Crippen LogP contribution in [0, 0.1) is 0 Å². The first-order chi connectivity index (χ1) is 15.2. The third-order valence-corrected chi connectivity index (χ3v) is 6.57. The fourth-order valence-corrected chi connectivity index (χ4v) is 4.75. The van der Waals surface area contributed by atoms with Crippen LogP contribution >= 0.6 is 23.2 Å². The number of fused-ring (bicyclic) bond motifs is 1. The molecule has 0 aliphatic heterocycles. The smallest absolute Gasteiger partial charge is 0.264 e. The Labute approximate surface area is 194 Å². The Bertz CT molecular complexity index is 1460. The van der Waals surface area contributed by atoms with E-state index in [-0.39, 0.29) is 32.4 Å². The normalized spacial score (nSPS) is 11.3. The maximum absolute atomic E-state index is 13.1. The van der Waals surface area contributed by atoms with Gasteiger partial charge < -0.3 is 5.32 Å². The molecule has 4 aromatic rings. The van der Waals surface area contributed by atoms with Gasteiger partial charge in [0.25, 0.3) is 10.0 Å². The molecular formula is C22H16Cl2N4O3S. The van der Waals surface area contributed by atoms with Crippen LogP contribution in [-0.2, 0) is 10.0 Å². The molecule has 162 valence electrons. The molecule has 10 heteroatoms. The number of hydrogen-bond donors (Lipinski definition) is 2. The Morgan fingerprint density at radius 1 is 0.875 bits per heavy atom. The molecule has 0 saturated heterocycles. The molecule has 0 fully saturated rings. The van der Waals surface area contributed by atoms with Crippen molar-refractivity contribution < 1.29 is 13.2 Å². The minimum absolute atomic E-state index is 0.0133. The molecule has 1 heterocycles. The van der Waals surface area contributed by atoms with E-state index in [0.717, 1.165) is 0 Å². The van der Waals surface area contributed by atoms with Gasteiger partial charge in [0.2, 0.25) is 0 Å². The summed E-state index contributed by atoms with van der Waals surface area (Å²) >= 11 is 12.1. The summed E-state index contributed by atoms with van der Waals surface area (Å²) in [6.45, 7) is 1.46. The van der Waals surface area contributed by atoms with Crippen molar-refractivity contribution in [3.05, 3.63) is 82.3 Å². The molecule has 0 atom stereocenters. The van der Waals surface area contributed by atoms with Crippen LogP contribution in [0.15, 0.2) is 71.6 Å². The minimum atomic E-state index is -4.13. The highest BCUT2D eigenvalue weighted by Crippen LogP contribution is 2.30. The van der Waals surface area contributed by atoms with Crippen molar-refractivity contribution in [2.24, 2.45) is 0 Å². The molecule has 2 N–H and O–H groups in total. The highest BCUT2D eigenvalue weighted by molar-refractivity contribution is 7.92. The molecule has 0 amide bonds. The summed E-state index contributed by atoms with van der Waals surface area (Å²) in [7, 11) is -4.13. The molecule has 0 unspecified atom stereocenters. The molecule has 0 spiro atoms. The molecule has 32 heavy (non-hydrogen) atoms. The topological polar surface area (TPSA) is 101 Å². The van der Waals surface area contributed by atoms with Gasteiger partial charge in [-0.1, -0.05) is 47.5 Å². The molecule has 0 radical (unpaired) electrons. The molecule has 0 saturated carbocycles. The molecule has 7 nitrogen and oxygen atoms in total. The van der Waals surface area contributed by atoms with E-state index in [1.54, 1.807) is 48.5 Å². The number of halogens is 2. The number of sulfonamides is 1. The lowest BCUT2D eigenvalue weighted by Crippen LogP contribution is -2.16. The Morgan fingerprint density at radius 3 is 2.25 bits per heavy atom. The number of carbonyl (C=O) groups is 1. The summed E-state index contributed by atoms with van der Waals surface area (Å²) in [4.78, 5) is 20.5. The number of nitrogens with zero attached hydrogens (tertiary/aromatic N) is 2. The zero-order chi connectivity index (χ0) is 22.9. The fourth-order valence-electron chi connectivity index (χ4n) is 2.98. The summed E-state index contributed by atoms with van der Waals surface area (Å²) in [5.41, 5.74) is 2.09. The molecule has 4 rings (SSSR count). The van der Waals surface area contributed by atoms with Crippen LogP contribution in [0.25, 0.3) is 11.0 Å². The number of hydrogen-bond acceptors (Lipinski definition) is 6. The van der Waals surface area contributed by atoms with E-state index >= 15 is 0 Å². The van der Waals surface area contributed by atoms with Crippen LogP contribution in [0.1, 0.15) is 17.3 Å². The highest BCUT2D eigenvalue weighted by atomic mass is 35.5. The maximum Gasteiger partial charge on any atom is 0.264 e. The van der Waals surface area contributed by atoms with E-state index in [9.17, 15) is 13.2 Å². The summed E-state index contributed by atoms with van der Waals surface area (Å²) < 4.78 is 28.6. The van der Waals surface area contributed by atoms with E-state index in [1.807, 2.05) is 0 Å². The van der Waals surface area contributed by atoms with Gasteiger partial charge in [-0.15, -0.1) is 0 Å². The van der Waals surface area contributed by atoms with Crippen LogP contribution in [-0.4, -0.2) is 24.2 Å². The van der Waals surface area contributed by atoms with Gasteiger partial charge in [0, 0.05) is 16.3 Å². The van der Waals surface area contributed by atoms with Gasteiger partial charge in [-0.3, -0.25) is 9.52 Å². The molecule has 0 aliphatic carbocycles. The minimum Gasteiger partial charge on any atom is -0.337 e. The lowest BCUT2D eigenvalue weighted by Gasteiger charge is -2.15. The van der Waals surface area contributed by atoms with Crippen molar-refractivity contribution in [2.75, 3.05) is 10.0 Å². The number of para-hydroxylation sites is 2. The average Bonchev–Trinajstić information content (AvgIpc) is 2.75. The third-order valence-electron chi connectivity index (χ3n) is 4.52. The van der Waals surface area contributed by atoms with E-state index in [0.29, 0.717) is 22.3 Å². The summed E-state index contributed by atoms with van der Waals surface area (Å²) in [6.07, 6.45) is 0. The van der Waals surface area contributed by atoms with E-state index in [1.165, 1.54) is 25.1 Å². The van der Waals surface area contributed by atoms with E-state index < -0.39 is 10.0 Å². The zero-order valence-electron chi connectivity index (χ0n) is 16.6. The largest absolute Gasteiger partial charge is 0.337 e. The Morgan fingerprint density at radius 2 is 1.56 bits per heavy atom. The van der Waals surface area contributed by atoms with Crippen molar-refractivity contribution in [3.8, 4) is 0 Å². The average molecular weight is 487 g/mol. The number of ketones is 1. The van der Waals surface area contributed by atoms with Crippen LogP contribution in [0.5, 0.6) is 0 Å². The second kappa shape index (κ2) is 8.74. The second-order valence-corrected chi connectivity index (χ2v) is 9.35. The van der Waals surface area contributed by atoms with Gasteiger partial charge in [0.1, 0.15) is 4.90 Å². The van der Waals surface area contributed by atoms with Crippen LogP contribution in [0.2, 0.25) is 10.0 Å². The standard InChI is InChI=1S/C22H16Cl2N4O3S/c1-13(29)14-5-4-6-16(11-14)25-21-22(27-19-8-3-2-7-18(19)26-21)28-32(30,31)20-12-15(23)9-10-17(20)24/h2-12H,1H3,(H,25,26)(H,27,28). The van der Waals surface area contributed by atoms with Gasteiger partial charge in [0.15, 0.2) is 17.4 Å². The first-order valence-corrected chi connectivity index (χ1v) is 11.6. The lowest BCUT2D eigenvalue weighted by atomic mass is 10.1. The molecule has 3 aromatic carbocycles.